The van der Waals surface area contributed by atoms with Gasteiger partial charge in [0, 0.05) is 0 Å². The highest BCUT2D eigenvalue weighted by Gasteiger charge is 2.11. The van der Waals surface area contributed by atoms with E-state index in [1.165, 1.54) is 0 Å². The lowest BCUT2D eigenvalue weighted by atomic mass is 10.1. The molecule has 1 atom stereocenters. The topological polar surface area (TPSA) is 77.2 Å². The third-order valence-corrected chi connectivity index (χ3v) is 4.42. The van der Waals surface area contributed by atoms with Crippen LogP contribution in [0.2, 0.25) is 0 Å². The van der Waals surface area contributed by atoms with Gasteiger partial charge in [0.25, 0.3) is 5.56 Å². The van der Waals surface area contributed by atoms with Crippen LogP contribution in [0.3, 0.4) is 0 Å². The van der Waals surface area contributed by atoms with Crippen LogP contribution in [0.4, 0.5) is 0 Å². The van der Waals surface area contributed by atoms with E-state index in [0.717, 1.165) is 15.8 Å². The van der Waals surface area contributed by atoms with Gasteiger partial charge in [0.1, 0.15) is 24.0 Å². The molecule has 0 aliphatic rings. The van der Waals surface area contributed by atoms with Crippen molar-refractivity contribution in [1.82, 2.24) is 15.0 Å². The fourth-order valence-corrected chi connectivity index (χ4v) is 2.96. The van der Waals surface area contributed by atoms with E-state index in [4.69, 9.17) is 4.74 Å². The van der Waals surface area contributed by atoms with Crippen LogP contribution < -0.4 is 10.3 Å². The third kappa shape index (κ3) is 3.92. The van der Waals surface area contributed by atoms with Crippen molar-refractivity contribution in [2.75, 3.05) is 6.61 Å². The summed E-state index contributed by atoms with van der Waals surface area (Å²) in [5.74, 6) is 0.649. The van der Waals surface area contributed by atoms with Crippen molar-refractivity contribution in [3.05, 3.63) is 89.2 Å². The lowest BCUT2D eigenvalue weighted by Crippen LogP contribution is -2.32. The third-order valence-electron chi connectivity index (χ3n) is 4.42. The molecule has 4 aromatic rings. The second-order valence-corrected chi connectivity index (χ2v) is 6.45. The smallest absolute Gasteiger partial charge is 0.277 e. The van der Waals surface area contributed by atoms with E-state index in [1.807, 2.05) is 54.6 Å². The molecule has 1 heterocycles. The fraction of sp³-hybridized carbons (Fsp3) is 0.136. The highest BCUT2D eigenvalue weighted by atomic mass is 16.5. The van der Waals surface area contributed by atoms with E-state index in [9.17, 15) is 9.90 Å². The van der Waals surface area contributed by atoms with Gasteiger partial charge < -0.3 is 9.84 Å². The molecule has 0 aliphatic heterocycles. The van der Waals surface area contributed by atoms with Gasteiger partial charge in [-0.25, -0.2) is 4.68 Å². The van der Waals surface area contributed by atoms with Crippen LogP contribution in [0.15, 0.2) is 83.7 Å². The first-order chi connectivity index (χ1) is 13.7. The zero-order chi connectivity index (χ0) is 19.3. The average molecular weight is 373 g/mol. The van der Waals surface area contributed by atoms with E-state index in [-0.39, 0.29) is 18.7 Å². The molecule has 0 spiro atoms. The Morgan fingerprint density at radius 1 is 0.893 bits per heavy atom. The van der Waals surface area contributed by atoms with E-state index in [1.54, 1.807) is 24.3 Å². The van der Waals surface area contributed by atoms with Gasteiger partial charge in [0.2, 0.25) is 0 Å². The van der Waals surface area contributed by atoms with Crippen LogP contribution in [0, 0.1) is 0 Å². The molecule has 1 aromatic heterocycles. The molecule has 0 bridgehead atoms. The monoisotopic (exact) mass is 373 g/mol. The Labute approximate surface area is 161 Å². The van der Waals surface area contributed by atoms with E-state index in [0.29, 0.717) is 16.7 Å². The Kier molecular flexibility index (Phi) is 5.12. The van der Waals surface area contributed by atoms with Gasteiger partial charge >= 0.3 is 0 Å². The summed E-state index contributed by atoms with van der Waals surface area (Å²) in [6.07, 6.45) is -0.887. The molecule has 6 heteroatoms. The minimum atomic E-state index is -0.887. The molecule has 3 aromatic carbocycles. The summed E-state index contributed by atoms with van der Waals surface area (Å²) in [6, 6.07) is 24.7. The van der Waals surface area contributed by atoms with Crippen LogP contribution in [0.5, 0.6) is 5.75 Å². The van der Waals surface area contributed by atoms with Gasteiger partial charge in [0.15, 0.2) is 0 Å². The second kappa shape index (κ2) is 8.02. The number of ether oxygens (including phenoxy) is 1. The van der Waals surface area contributed by atoms with Gasteiger partial charge in [-0.1, -0.05) is 59.8 Å². The number of hydrogen-bond acceptors (Lipinski definition) is 5. The van der Waals surface area contributed by atoms with E-state index < -0.39 is 6.10 Å². The summed E-state index contributed by atoms with van der Waals surface area (Å²) in [5, 5.41) is 18.6. The van der Waals surface area contributed by atoms with Crippen LogP contribution in [-0.4, -0.2) is 32.8 Å². The SMILES string of the molecule is O=c1c2ccccc2nnn1C[C@@H](O)COc1ccc(-c2ccccc2)cc1. The van der Waals surface area contributed by atoms with Crippen molar-refractivity contribution < 1.29 is 9.84 Å². The summed E-state index contributed by atoms with van der Waals surface area (Å²) in [4.78, 5) is 12.4. The molecule has 0 amide bonds. The molecule has 0 radical (unpaired) electrons. The minimum Gasteiger partial charge on any atom is -0.491 e. The molecule has 0 aliphatic carbocycles. The highest BCUT2D eigenvalue weighted by molar-refractivity contribution is 5.76. The fourth-order valence-electron chi connectivity index (χ4n) is 2.96. The van der Waals surface area contributed by atoms with Gasteiger partial charge in [-0.15, -0.1) is 5.10 Å². The lowest BCUT2D eigenvalue weighted by molar-refractivity contribution is 0.0873. The second-order valence-electron chi connectivity index (χ2n) is 6.45. The molecule has 1 N–H and O–H groups in total. The summed E-state index contributed by atoms with van der Waals surface area (Å²) < 4.78 is 6.81. The summed E-state index contributed by atoms with van der Waals surface area (Å²) in [5.41, 5.74) is 2.47. The molecule has 0 saturated heterocycles. The van der Waals surface area contributed by atoms with Crippen molar-refractivity contribution in [3.8, 4) is 16.9 Å². The summed E-state index contributed by atoms with van der Waals surface area (Å²) >= 11 is 0. The molecule has 6 nitrogen and oxygen atoms in total. The number of hydrogen-bond donors (Lipinski definition) is 1. The molecule has 4 rings (SSSR count). The lowest BCUT2D eigenvalue weighted by Gasteiger charge is -2.13. The van der Waals surface area contributed by atoms with Gasteiger partial charge in [-0.3, -0.25) is 4.79 Å². The molecule has 0 unspecified atom stereocenters. The minimum absolute atomic E-state index is 0.0127. The number of aromatic nitrogens is 3. The van der Waals surface area contributed by atoms with Crippen molar-refractivity contribution in [3.63, 3.8) is 0 Å². The average Bonchev–Trinajstić information content (AvgIpc) is 2.75. The van der Waals surface area contributed by atoms with Gasteiger partial charge in [-0.2, -0.15) is 0 Å². The van der Waals surface area contributed by atoms with E-state index in [2.05, 4.69) is 10.3 Å². The zero-order valence-corrected chi connectivity index (χ0v) is 15.1. The number of nitrogens with zero attached hydrogens (tertiary/aromatic N) is 3. The van der Waals surface area contributed by atoms with Crippen LogP contribution >= 0.6 is 0 Å². The predicted molar refractivity (Wildman–Crippen MR) is 107 cm³/mol. The number of aliphatic hydroxyl groups is 1. The molecular weight excluding hydrogens is 354 g/mol. The Bertz CT molecular complexity index is 1130. The maximum absolute atomic E-state index is 12.4. The summed E-state index contributed by atoms with van der Waals surface area (Å²) in [6.45, 7) is 0.0599. The molecule has 140 valence electrons. The van der Waals surface area contributed by atoms with Crippen molar-refractivity contribution in [2.45, 2.75) is 12.6 Å². The van der Waals surface area contributed by atoms with Gasteiger partial charge in [-0.05, 0) is 35.4 Å². The van der Waals surface area contributed by atoms with Gasteiger partial charge in [0.05, 0.1) is 11.9 Å². The maximum Gasteiger partial charge on any atom is 0.277 e. The van der Waals surface area contributed by atoms with Crippen molar-refractivity contribution in [1.29, 1.82) is 0 Å². The van der Waals surface area contributed by atoms with E-state index >= 15 is 0 Å². The highest BCUT2D eigenvalue weighted by Crippen LogP contribution is 2.22. The summed E-state index contributed by atoms with van der Waals surface area (Å²) in [7, 11) is 0. The number of rotatable bonds is 6. The number of aliphatic hydroxyl groups excluding tert-OH is 1. The molecular formula is C22H19N3O3. The quantitative estimate of drug-likeness (QED) is 0.562. The predicted octanol–water partition coefficient (Wildman–Crippen LogP) is 2.90. The van der Waals surface area contributed by atoms with Crippen LogP contribution in [-0.2, 0) is 6.54 Å². The zero-order valence-electron chi connectivity index (χ0n) is 15.1. The van der Waals surface area contributed by atoms with Crippen molar-refractivity contribution >= 4 is 10.9 Å². The maximum atomic E-state index is 12.4. The molecule has 28 heavy (non-hydrogen) atoms. The Morgan fingerprint density at radius 2 is 1.57 bits per heavy atom. The Hall–Kier alpha value is -3.51. The first kappa shape index (κ1) is 17.9. The first-order valence-electron chi connectivity index (χ1n) is 8.99. The normalized spacial score (nSPS) is 12.0. The Morgan fingerprint density at radius 3 is 2.36 bits per heavy atom. The largest absolute Gasteiger partial charge is 0.491 e. The van der Waals surface area contributed by atoms with Crippen LogP contribution in [0.25, 0.3) is 22.0 Å². The first-order valence-corrected chi connectivity index (χ1v) is 8.99. The molecule has 0 saturated carbocycles. The van der Waals surface area contributed by atoms with Crippen molar-refractivity contribution in [2.24, 2.45) is 0 Å². The van der Waals surface area contributed by atoms with Crippen LogP contribution in [0.1, 0.15) is 0 Å². The number of benzene rings is 3. The standard InChI is InChI=1S/C22H19N3O3/c26-18(14-25-22(27)20-8-4-5-9-21(20)23-24-25)15-28-19-12-10-17(11-13-19)16-6-2-1-3-7-16/h1-13,18,26H,14-15H2/t18-/m1/s1. The Balaban J connectivity index is 1.39. The molecule has 0 fully saturated rings. The number of fused-ring (bicyclic) bond motifs is 1.